The van der Waals surface area contributed by atoms with Crippen LogP contribution in [0.3, 0.4) is 0 Å². The lowest BCUT2D eigenvalue weighted by atomic mass is 10.0. The minimum absolute atomic E-state index is 0.0943. The normalized spacial score (nSPS) is 13.8. The summed E-state index contributed by atoms with van der Waals surface area (Å²) >= 11 is 0. The predicted molar refractivity (Wildman–Crippen MR) is 80.1 cm³/mol. The molecule has 0 aliphatic rings. The number of rotatable bonds is 6. The van der Waals surface area contributed by atoms with Gasteiger partial charge in [0.25, 0.3) is 0 Å². The number of sulfone groups is 1. The van der Waals surface area contributed by atoms with Gasteiger partial charge in [0.1, 0.15) is 9.84 Å². The molecule has 108 valence electrons. The molecule has 0 spiro atoms. The van der Waals surface area contributed by atoms with Gasteiger partial charge in [-0.05, 0) is 26.5 Å². The van der Waals surface area contributed by atoms with E-state index in [0.717, 1.165) is 5.56 Å². The smallest absolute Gasteiger partial charge is 0.148 e. The fraction of sp³-hybridized carbons (Fsp3) is 0.571. The number of nitrogens with two attached hydrogens (primary N) is 1. The second-order valence-corrected chi connectivity index (χ2v) is 7.68. The number of hydrogen-bond acceptors (Lipinski definition) is 4. The molecule has 0 saturated carbocycles. The Hall–Kier alpha value is -0.910. The second-order valence-electron chi connectivity index (χ2n) is 5.42. The topological polar surface area (TPSA) is 63.4 Å². The maximum atomic E-state index is 11.1. The SMILES string of the molecule is Cc1cc(C)cc(C(N)CN(C)CCS(C)(=O)=O)c1. The molecule has 1 atom stereocenters. The Labute approximate surface area is 116 Å². The third kappa shape index (κ3) is 6.18. The van der Waals surface area contributed by atoms with Gasteiger partial charge in [0.05, 0.1) is 5.75 Å². The number of benzene rings is 1. The Balaban J connectivity index is 2.61. The molecule has 0 aliphatic carbocycles. The number of nitrogens with zero attached hydrogens (tertiary/aromatic N) is 1. The van der Waals surface area contributed by atoms with E-state index in [1.165, 1.54) is 17.4 Å². The van der Waals surface area contributed by atoms with E-state index in [2.05, 4.69) is 32.0 Å². The zero-order chi connectivity index (χ0) is 14.6. The van der Waals surface area contributed by atoms with E-state index in [4.69, 9.17) is 5.73 Å². The summed E-state index contributed by atoms with van der Waals surface area (Å²) in [5.74, 6) is 0.170. The molecule has 1 unspecified atom stereocenters. The van der Waals surface area contributed by atoms with Gasteiger partial charge in [-0.2, -0.15) is 0 Å². The molecule has 2 N–H and O–H groups in total. The van der Waals surface area contributed by atoms with Gasteiger partial charge in [-0.3, -0.25) is 0 Å². The molecule has 0 heterocycles. The first-order valence-corrected chi connectivity index (χ1v) is 8.43. The Kier molecular flexibility index (Phi) is 5.52. The van der Waals surface area contributed by atoms with Crippen LogP contribution < -0.4 is 5.73 Å². The molecule has 4 nitrogen and oxygen atoms in total. The number of hydrogen-bond donors (Lipinski definition) is 1. The highest BCUT2D eigenvalue weighted by atomic mass is 32.2. The summed E-state index contributed by atoms with van der Waals surface area (Å²) in [6, 6.07) is 6.19. The summed E-state index contributed by atoms with van der Waals surface area (Å²) < 4.78 is 22.2. The van der Waals surface area contributed by atoms with Crippen molar-refractivity contribution in [1.82, 2.24) is 4.90 Å². The molecular formula is C14H24N2O2S. The van der Waals surface area contributed by atoms with Crippen LogP contribution in [0, 0.1) is 13.8 Å². The molecule has 1 rings (SSSR count). The Bertz CT molecular complexity index is 506. The molecule has 0 radical (unpaired) electrons. The highest BCUT2D eigenvalue weighted by Crippen LogP contribution is 2.15. The average Bonchev–Trinajstić information content (AvgIpc) is 2.24. The van der Waals surface area contributed by atoms with Gasteiger partial charge in [0, 0.05) is 25.4 Å². The van der Waals surface area contributed by atoms with Gasteiger partial charge in [-0.25, -0.2) is 8.42 Å². The van der Waals surface area contributed by atoms with Crippen molar-refractivity contribution in [2.45, 2.75) is 19.9 Å². The first-order valence-electron chi connectivity index (χ1n) is 6.37. The van der Waals surface area contributed by atoms with Crippen molar-refractivity contribution in [2.24, 2.45) is 5.73 Å². The summed E-state index contributed by atoms with van der Waals surface area (Å²) in [5.41, 5.74) is 9.68. The van der Waals surface area contributed by atoms with E-state index >= 15 is 0 Å². The molecule has 0 aliphatic heterocycles. The zero-order valence-corrected chi connectivity index (χ0v) is 13.0. The average molecular weight is 284 g/mol. The van der Waals surface area contributed by atoms with Crippen molar-refractivity contribution in [3.8, 4) is 0 Å². The predicted octanol–water partition coefficient (Wildman–Crippen LogP) is 1.28. The van der Waals surface area contributed by atoms with E-state index < -0.39 is 9.84 Å². The van der Waals surface area contributed by atoms with Crippen LogP contribution >= 0.6 is 0 Å². The molecule has 0 saturated heterocycles. The fourth-order valence-electron chi connectivity index (χ4n) is 2.08. The van der Waals surface area contributed by atoms with Gasteiger partial charge in [-0.1, -0.05) is 29.3 Å². The standard InChI is InChI=1S/C14H24N2O2S/c1-11-7-12(2)9-13(8-11)14(15)10-16(3)5-6-19(4,17)18/h7-9,14H,5-6,10,15H2,1-4H3. The minimum atomic E-state index is -2.92. The molecule has 5 heteroatoms. The molecule has 0 fully saturated rings. The second kappa shape index (κ2) is 6.50. The van der Waals surface area contributed by atoms with E-state index in [0.29, 0.717) is 13.1 Å². The fourth-order valence-corrected chi connectivity index (χ4v) is 2.72. The largest absolute Gasteiger partial charge is 0.323 e. The summed E-state index contributed by atoms with van der Waals surface area (Å²) in [6.07, 6.45) is 1.25. The maximum absolute atomic E-state index is 11.1. The Morgan fingerprint density at radius 2 is 1.74 bits per heavy atom. The summed E-state index contributed by atoms with van der Waals surface area (Å²) in [4.78, 5) is 1.96. The monoisotopic (exact) mass is 284 g/mol. The van der Waals surface area contributed by atoms with Gasteiger partial charge in [0.2, 0.25) is 0 Å². The molecular weight excluding hydrogens is 260 g/mol. The van der Waals surface area contributed by atoms with E-state index in [1.807, 2.05) is 11.9 Å². The molecule has 0 amide bonds. The number of aryl methyl sites for hydroxylation is 2. The summed E-state index contributed by atoms with van der Waals surface area (Å²) in [6.45, 7) is 5.27. The van der Waals surface area contributed by atoms with Crippen LogP contribution in [0.25, 0.3) is 0 Å². The van der Waals surface area contributed by atoms with Crippen LogP contribution in [-0.2, 0) is 9.84 Å². The van der Waals surface area contributed by atoms with Crippen molar-refractivity contribution < 1.29 is 8.42 Å². The lowest BCUT2D eigenvalue weighted by Crippen LogP contribution is -2.32. The molecule has 1 aromatic rings. The van der Waals surface area contributed by atoms with Gasteiger partial charge in [-0.15, -0.1) is 0 Å². The van der Waals surface area contributed by atoms with Crippen molar-refractivity contribution in [2.75, 3.05) is 32.1 Å². The van der Waals surface area contributed by atoms with Gasteiger partial charge < -0.3 is 10.6 Å². The van der Waals surface area contributed by atoms with Crippen molar-refractivity contribution in [1.29, 1.82) is 0 Å². The third-order valence-electron chi connectivity index (χ3n) is 3.02. The van der Waals surface area contributed by atoms with Crippen LogP contribution in [0.2, 0.25) is 0 Å². The minimum Gasteiger partial charge on any atom is -0.323 e. The third-order valence-corrected chi connectivity index (χ3v) is 3.95. The van der Waals surface area contributed by atoms with Crippen LogP contribution in [0.15, 0.2) is 18.2 Å². The molecule has 19 heavy (non-hydrogen) atoms. The van der Waals surface area contributed by atoms with Crippen LogP contribution in [0.1, 0.15) is 22.7 Å². The highest BCUT2D eigenvalue weighted by Gasteiger charge is 2.12. The number of likely N-dealkylation sites (N-methyl/N-ethyl adjacent to an activating group) is 1. The summed E-state index contributed by atoms with van der Waals surface area (Å²) in [5, 5.41) is 0. The lowest BCUT2D eigenvalue weighted by Gasteiger charge is -2.21. The van der Waals surface area contributed by atoms with Crippen LogP contribution in [0.5, 0.6) is 0 Å². The van der Waals surface area contributed by atoms with Crippen LogP contribution in [-0.4, -0.2) is 45.5 Å². The van der Waals surface area contributed by atoms with E-state index in [9.17, 15) is 8.42 Å². The lowest BCUT2D eigenvalue weighted by molar-refractivity contribution is 0.329. The Morgan fingerprint density at radius 1 is 1.21 bits per heavy atom. The quantitative estimate of drug-likeness (QED) is 0.855. The van der Waals surface area contributed by atoms with E-state index in [-0.39, 0.29) is 11.8 Å². The first-order chi connectivity index (χ1) is 8.67. The van der Waals surface area contributed by atoms with Crippen molar-refractivity contribution in [3.05, 3.63) is 34.9 Å². The molecule has 0 aromatic heterocycles. The molecule has 0 bridgehead atoms. The highest BCUT2D eigenvalue weighted by molar-refractivity contribution is 7.90. The zero-order valence-electron chi connectivity index (χ0n) is 12.2. The van der Waals surface area contributed by atoms with Crippen molar-refractivity contribution in [3.63, 3.8) is 0 Å². The van der Waals surface area contributed by atoms with E-state index in [1.54, 1.807) is 0 Å². The van der Waals surface area contributed by atoms with Gasteiger partial charge >= 0.3 is 0 Å². The maximum Gasteiger partial charge on any atom is 0.148 e. The molecule has 1 aromatic carbocycles. The van der Waals surface area contributed by atoms with Gasteiger partial charge in [0.15, 0.2) is 0 Å². The van der Waals surface area contributed by atoms with Crippen LogP contribution in [0.4, 0.5) is 0 Å². The summed E-state index contributed by atoms with van der Waals surface area (Å²) in [7, 11) is -1.02. The van der Waals surface area contributed by atoms with Crippen molar-refractivity contribution >= 4 is 9.84 Å². The first kappa shape index (κ1) is 16.1. The Morgan fingerprint density at radius 3 is 2.21 bits per heavy atom.